The summed E-state index contributed by atoms with van der Waals surface area (Å²) in [5, 5.41) is 3.42. The maximum absolute atomic E-state index is 5.83. The second kappa shape index (κ2) is 6.66. The van der Waals surface area contributed by atoms with Gasteiger partial charge in [-0.1, -0.05) is 6.92 Å². The van der Waals surface area contributed by atoms with Crippen LogP contribution in [0.5, 0.6) is 5.75 Å². The molecule has 1 aromatic carbocycles. The van der Waals surface area contributed by atoms with Gasteiger partial charge in [0.05, 0.1) is 7.11 Å². The van der Waals surface area contributed by atoms with Gasteiger partial charge in [0.2, 0.25) is 0 Å². The van der Waals surface area contributed by atoms with Crippen LogP contribution in [0.25, 0.3) is 0 Å². The van der Waals surface area contributed by atoms with Crippen molar-refractivity contribution in [2.24, 2.45) is 5.92 Å². The van der Waals surface area contributed by atoms with Gasteiger partial charge < -0.3 is 20.7 Å². The number of ether oxygens (including phenoxy) is 1. The van der Waals surface area contributed by atoms with E-state index in [2.05, 4.69) is 17.1 Å². The Kier molecular flexibility index (Phi) is 4.91. The molecule has 1 saturated heterocycles. The number of hydrogen-bond acceptors (Lipinski definition) is 4. The van der Waals surface area contributed by atoms with Crippen molar-refractivity contribution in [3.8, 4) is 5.75 Å². The van der Waals surface area contributed by atoms with Gasteiger partial charge in [0.15, 0.2) is 0 Å². The molecule has 0 atom stereocenters. The average Bonchev–Trinajstić information content (AvgIpc) is 2.40. The smallest absolute Gasteiger partial charge is 0.122 e. The molecule has 0 unspecified atom stereocenters. The predicted molar refractivity (Wildman–Crippen MR) is 80.7 cm³/mol. The van der Waals surface area contributed by atoms with E-state index < -0.39 is 0 Å². The first kappa shape index (κ1) is 14.0. The number of anilines is 2. The Morgan fingerprint density at radius 1 is 1.32 bits per heavy atom. The summed E-state index contributed by atoms with van der Waals surface area (Å²) in [6.45, 7) is 6.83. The summed E-state index contributed by atoms with van der Waals surface area (Å²) in [5.74, 6) is 1.69. The van der Waals surface area contributed by atoms with Gasteiger partial charge in [-0.15, -0.1) is 0 Å². The molecule has 0 bridgehead atoms. The van der Waals surface area contributed by atoms with E-state index in [1.165, 1.54) is 25.9 Å². The van der Waals surface area contributed by atoms with Gasteiger partial charge in [-0.3, -0.25) is 0 Å². The van der Waals surface area contributed by atoms with Crippen LogP contribution >= 0.6 is 0 Å². The Hall–Kier alpha value is -1.42. The number of piperidine rings is 1. The zero-order chi connectivity index (χ0) is 13.7. The van der Waals surface area contributed by atoms with E-state index >= 15 is 0 Å². The van der Waals surface area contributed by atoms with Crippen LogP contribution in [0, 0.1) is 5.92 Å². The van der Waals surface area contributed by atoms with E-state index in [1.807, 2.05) is 18.2 Å². The summed E-state index contributed by atoms with van der Waals surface area (Å²) < 4.78 is 5.21. The Morgan fingerprint density at radius 3 is 2.74 bits per heavy atom. The second-order valence-electron chi connectivity index (χ2n) is 5.45. The third kappa shape index (κ3) is 4.31. The van der Waals surface area contributed by atoms with Crippen molar-refractivity contribution in [3.63, 3.8) is 0 Å². The van der Waals surface area contributed by atoms with Crippen molar-refractivity contribution in [3.05, 3.63) is 18.2 Å². The van der Waals surface area contributed by atoms with E-state index in [0.29, 0.717) is 0 Å². The van der Waals surface area contributed by atoms with Crippen molar-refractivity contribution in [2.75, 3.05) is 44.3 Å². The van der Waals surface area contributed by atoms with Gasteiger partial charge in [0, 0.05) is 36.6 Å². The number of benzene rings is 1. The molecule has 106 valence electrons. The molecule has 2 rings (SSSR count). The molecule has 1 aliphatic heterocycles. The molecule has 0 aromatic heterocycles. The van der Waals surface area contributed by atoms with Crippen molar-refractivity contribution in [1.29, 1.82) is 0 Å². The minimum atomic E-state index is 0.730. The summed E-state index contributed by atoms with van der Waals surface area (Å²) in [4.78, 5) is 2.52. The zero-order valence-corrected chi connectivity index (χ0v) is 12.0. The molecular formula is C15H25N3O. The molecule has 1 fully saturated rings. The molecule has 0 aliphatic carbocycles. The van der Waals surface area contributed by atoms with Crippen LogP contribution < -0.4 is 15.8 Å². The normalized spacial score (nSPS) is 17.4. The first-order valence-corrected chi connectivity index (χ1v) is 7.08. The minimum Gasteiger partial charge on any atom is -0.497 e. The summed E-state index contributed by atoms with van der Waals surface area (Å²) in [6.07, 6.45) is 2.65. The van der Waals surface area contributed by atoms with Crippen molar-refractivity contribution in [2.45, 2.75) is 19.8 Å². The van der Waals surface area contributed by atoms with Crippen LogP contribution in [0.3, 0.4) is 0 Å². The van der Waals surface area contributed by atoms with E-state index in [1.54, 1.807) is 7.11 Å². The molecule has 4 heteroatoms. The second-order valence-corrected chi connectivity index (χ2v) is 5.45. The quantitative estimate of drug-likeness (QED) is 0.801. The lowest BCUT2D eigenvalue weighted by molar-refractivity contribution is 0.199. The summed E-state index contributed by atoms with van der Waals surface area (Å²) >= 11 is 0. The number of nitrogen functional groups attached to an aromatic ring is 1. The summed E-state index contributed by atoms with van der Waals surface area (Å²) in [6, 6.07) is 5.76. The molecule has 1 aromatic rings. The molecule has 1 aliphatic rings. The van der Waals surface area contributed by atoms with E-state index in [-0.39, 0.29) is 0 Å². The summed E-state index contributed by atoms with van der Waals surface area (Å²) in [7, 11) is 1.66. The van der Waals surface area contributed by atoms with E-state index in [0.717, 1.165) is 36.1 Å². The Morgan fingerprint density at radius 2 is 2.05 bits per heavy atom. The first-order valence-electron chi connectivity index (χ1n) is 7.08. The van der Waals surface area contributed by atoms with Crippen LogP contribution in [-0.2, 0) is 0 Å². The van der Waals surface area contributed by atoms with Crippen LogP contribution in [0.15, 0.2) is 18.2 Å². The molecule has 0 radical (unpaired) electrons. The van der Waals surface area contributed by atoms with Gasteiger partial charge in [-0.2, -0.15) is 0 Å². The Balaban J connectivity index is 1.77. The molecule has 19 heavy (non-hydrogen) atoms. The first-order chi connectivity index (χ1) is 9.17. The lowest BCUT2D eigenvalue weighted by Crippen LogP contribution is -2.36. The Labute approximate surface area is 115 Å². The highest BCUT2D eigenvalue weighted by Gasteiger charge is 2.14. The molecule has 3 N–H and O–H groups in total. The zero-order valence-electron chi connectivity index (χ0n) is 12.0. The monoisotopic (exact) mass is 263 g/mol. The van der Waals surface area contributed by atoms with Crippen LogP contribution in [-0.4, -0.2) is 38.2 Å². The summed E-state index contributed by atoms with van der Waals surface area (Å²) in [5.41, 5.74) is 7.59. The van der Waals surface area contributed by atoms with Crippen LogP contribution in [0.1, 0.15) is 19.8 Å². The van der Waals surface area contributed by atoms with Gasteiger partial charge in [-0.05, 0) is 37.9 Å². The van der Waals surface area contributed by atoms with Crippen LogP contribution in [0.2, 0.25) is 0 Å². The van der Waals surface area contributed by atoms with E-state index in [9.17, 15) is 0 Å². The van der Waals surface area contributed by atoms with Crippen molar-refractivity contribution in [1.82, 2.24) is 4.90 Å². The minimum absolute atomic E-state index is 0.730. The van der Waals surface area contributed by atoms with Crippen molar-refractivity contribution < 1.29 is 4.74 Å². The highest BCUT2D eigenvalue weighted by Crippen LogP contribution is 2.22. The van der Waals surface area contributed by atoms with Crippen LogP contribution in [0.4, 0.5) is 11.4 Å². The van der Waals surface area contributed by atoms with Gasteiger partial charge in [0.1, 0.15) is 5.75 Å². The molecule has 0 saturated carbocycles. The number of rotatable bonds is 5. The molecule has 0 spiro atoms. The SMILES string of the molecule is COc1cc(N)cc(NCCN2CCC(C)CC2)c1. The molecule has 4 nitrogen and oxygen atoms in total. The van der Waals surface area contributed by atoms with E-state index in [4.69, 9.17) is 10.5 Å². The average molecular weight is 263 g/mol. The maximum atomic E-state index is 5.83. The van der Waals surface area contributed by atoms with Crippen molar-refractivity contribution >= 4 is 11.4 Å². The number of nitrogens with two attached hydrogens (primary N) is 1. The topological polar surface area (TPSA) is 50.5 Å². The van der Waals surface area contributed by atoms with Gasteiger partial charge >= 0.3 is 0 Å². The maximum Gasteiger partial charge on any atom is 0.122 e. The number of nitrogens with one attached hydrogen (secondary N) is 1. The lowest BCUT2D eigenvalue weighted by atomic mass is 9.99. The number of likely N-dealkylation sites (tertiary alicyclic amines) is 1. The molecule has 1 heterocycles. The molecular weight excluding hydrogens is 238 g/mol. The lowest BCUT2D eigenvalue weighted by Gasteiger charge is -2.30. The van der Waals surface area contributed by atoms with Gasteiger partial charge in [0.25, 0.3) is 0 Å². The number of methoxy groups -OCH3 is 1. The fourth-order valence-electron chi connectivity index (χ4n) is 2.49. The predicted octanol–water partition coefficient (Wildman–Crippen LogP) is 2.42. The highest BCUT2D eigenvalue weighted by atomic mass is 16.5. The largest absolute Gasteiger partial charge is 0.497 e. The third-order valence-corrected chi connectivity index (χ3v) is 3.80. The molecule has 0 amide bonds. The third-order valence-electron chi connectivity index (χ3n) is 3.80. The highest BCUT2D eigenvalue weighted by molar-refractivity contribution is 5.59. The number of hydrogen-bond donors (Lipinski definition) is 2. The number of nitrogens with zero attached hydrogens (tertiary/aromatic N) is 1. The fraction of sp³-hybridized carbons (Fsp3) is 0.600. The Bertz CT molecular complexity index is 400. The fourth-order valence-corrected chi connectivity index (χ4v) is 2.49. The van der Waals surface area contributed by atoms with Gasteiger partial charge in [-0.25, -0.2) is 0 Å². The standard InChI is InChI=1S/C15H25N3O/c1-12-3-6-18(7-4-12)8-5-17-14-9-13(16)10-15(11-14)19-2/h9-12,17H,3-8,16H2,1-2H3.